The van der Waals surface area contributed by atoms with Crippen molar-refractivity contribution in [2.45, 2.75) is 19.4 Å². The summed E-state index contributed by atoms with van der Waals surface area (Å²) in [5.74, 6) is -0.229. The first-order chi connectivity index (χ1) is 14.6. The smallest absolute Gasteiger partial charge is 0.264 e. The van der Waals surface area contributed by atoms with Gasteiger partial charge in [0.25, 0.3) is 5.91 Å². The average molecular weight is 421 g/mol. The van der Waals surface area contributed by atoms with Crippen molar-refractivity contribution in [1.29, 1.82) is 0 Å². The van der Waals surface area contributed by atoms with Crippen LogP contribution in [0.5, 0.6) is 0 Å². The molecule has 1 aliphatic heterocycles. The van der Waals surface area contributed by atoms with Crippen LogP contribution < -0.4 is 5.32 Å². The quantitative estimate of drug-likeness (QED) is 0.513. The first-order valence-corrected chi connectivity index (χ1v) is 10.8. The van der Waals surface area contributed by atoms with E-state index in [9.17, 15) is 9.18 Å². The number of fused-ring (bicyclic) bond motifs is 1. The average Bonchev–Trinajstić information content (AvgIpc) is 3.46. The maximum atomic E-state index is 13.3. The molecule has 7 heteroatoms. The van der Waals surface area contributed by atoms with Gasteiger partial charge in [0.2, 0.25) is 0 Å². The number of benzene rings is 2. The van der Waals surface area contributed by atoms with Crippen LogP contribution in [0.2, 0.25) is 0 Å². The van der Waals surface area contributed by atoms with Crippen LogP contribution in [0.4, 0.5) is 10.1 Å². The second-order valence-corrected chi connectivity index (χ2v) is 8.58. The number of carbonyl (C=O) groups excluding carboxylic acids is 1. The summed E-state index contributed by atoms with van der Waals surface area (Å²) >= 11 is 1.44. The summed E-state index contributed by atoms with van der Waals surface area (Å²) in [6.45, 7) is 3.35. The second-order valence-electron chi connectivity index (χ2n) is 7.55. The van der Waals surface area contributed by atoms with Crippen LogP contribution in [0, 0.1) is 12.7 Å². The van der Waals surface area contributed by atoms with E-state index in [-0.39, 0.29) is 17.8 Å². The molecule has 152 valence electrons. The fourth-order valence-corrected chi connectivity index (χ4v) is 5.05. The molecule has 0 radical (unpaired) electrons. The molecular weight excluding hydrogens is 399 g/mol. The number of nitrogens with one attached hydrogen (secondary N) is 1. The minimum absolute atomic E-state index is 0.0543. The Kier molecular flexibility index (Phi) is 4.75. The van der Waals surface area contributed by atoms with Gasteiger partial charge in [-0.2, -0.15) is 5.10 Å². The number of nitrogens with zero attached hydrogens (tertiary/aromatic N) is 3. The Labute approximate surface area is 177 Å². The lowest BCUT2D eigenvalue weighted by atomic mass is 10.2. The summed E-state index contributed by atoms with van der Waals surface area (Å²) in [5.41, 5.74) is 2.71. The standard InChI is InChI=1S/C23H21FN4OS/c1-15-20-13-21(30-23(20)28(26-15)19-9-7-16(24)8-10-19)22(29)27-12-11-18(14-27)25-17-5-3-2-4-6-17/h2-10,13,18,25H,11-12,14H2,1H3/t18-/m0/s1. The predicted molar refractivity (Wildman–Crippen MR) is 118 cm³/mol. The highest BCUT2D eigenvalue weighted by Gasteiger charge is 2.28. The SMILES string of the molecule is Cc1nn(-c2ccc(F)cc2)c2sc(C(=O)N3CC[C@H](Nc4ccccc4)C3)cc12. The van der Waals surface area contributed by atoms with Crippen LogP contribution in [-0.4, -0.2) is 39.7 Å². The summed E-state index contributed by atoms with van der Waals surface area (Å²) in [6, 6.07) is 18.5. The number of halogens is 1. The molecule has 4 aromatic rings. The lowest BCUT2D eigenvalue weighted by molar-refractivity contribution is 0.0796. The van der Waals surface area contributed by atoms with Gasteiger partial charge in [0.1, 0.15) is 10.6 Å². The molecule has 1 fully saturated rings. The zero-order chi connectivity index (χ0) is 20.7. The Morgan fingerprint density at radius 2 is 1.93 bits per heavy atom. The van der Waals surface area contributed by atoms with E-state index >= 15 is 0 Å². The fraction of sp³-hybridized carbons (Fsp3) is 0.217. The van der Waals surface area contributed by atoms with Crippen molar-refractivity contribution in [2.75, 3.05) is 18.4 Å². The highest BCUT2D eigenvalue weighted by Crippen LogP contribution is 2.32. The van der Waals surface area contributed by atoms with Gasteiger partial charge in [-0.25, -0.2) is 9.07 Å². The van der Waals surface area contributed by atoms with Crippen molar-refractivity contribution in [3.63, 3.8) is 0 Å². The van der Waals surface area contributed by atoms with Crippen LogP contribution in [0.1, 0.15) is 21.8 Å². The third kappa shape index (κ3) is 3.45. The Morgan fingerprint density at radius 3 is 2.70 bits per heavy atom. The molecule has 0 bridgehead atoms. The van der Waals surface area contributed by atoms with E-state index in [0.717, 1.165) is 40.3 Å². The number of hydrogen-bond donors (Lipinski definition) is 1. The molecule has 1 N–H and O–H groups in total. The number of aryl methyl sites for hydroxylation is 1. The van der Waals surface area contributed by atoms with Crippen molar-refractivity contribution in [3.8, 4) is 5.69 Å². The van der Waals surface area contributed by atoms with Crippen LogP contribution in [0.25, 0.3) is 15.9 Å². The van der Waals surface area contributed by atoms with Crippen molar-refractivity contribution < 1.29 is 9.18 Å². The van der Waals surface area contributed by atoms with E-state index in [0.29, 0.717) is 11.4 Å². The van der Waals surface area contributed by atoms with Crippen LogP contribution in [-0.2, 0) is 0 Å². The summed E-state index contributed by atoms with van der Waals surface area (Å²) in [4.78, 5) is 16.7. The minimum Gasteiger partial charge on any atom is -0.380 e. The monoisotopic (exact) mass is 420 g/mol. The van der Waals surface area contributed by atoms with E-state index < -0.39 is 0 Å². The van der Waals surface area contributed by atoms with E-state index in [1.807, 2.05) is 48.2 Å². The third-order valence-corrected chi connectivity index (χ3v) is 6.55. The molecule has 0 saturated carbocycles. The minimum atomic E-state index is -0.284. The Hall–Kier alpha value is -3.19. The van der Waals surface area contributed by atoms with Gasteiger partial charge in [0.15, 0.2) is 0 Å². The van der Waals surface area contributed by atoms with Crippen LogP contribution in [0.15, 0.2) is 60.7 Å². The zero-order valence-corrected chi connectivity index (χ0v) is 17.3. The number of thiophene rings is 1. The summed E-state index contributed by atoms with van der Waals surface area (Å²) in [7, 11) is 0. The lowest BCUT2D eigenvalue weighted by Gasteiger charge is -2.17. The van der Waals surface area contributed by atoms with Gasteiger partial charge in [0, 0.05) is 30.2 Å². The molecule has 5 rings (SSSR count). The summed E-state index contributed by atoms with van der Waals surface area (Å²) < 4.78 is 15.1. The number of likely N-dealkylation sites (tertiary alicyclic amines) is 1. The van der Waals surface area contributed by atoms with E-state index in [4.69, 9.17) is 0 Å². The number of aromatic nitrogens is 2. The molecule has 5 nitrogen and oxygen atoms in total. The van der Waals surface area contributed by atoms with E-state index in [2.05, 4.69) is 10.4 Å². The second kappa shape index (κ2) is 7.57. The highest BCUT2D eigenvalue weighted by atomic mass is 32.1. The molecule has 1 atom stereocenters. The van der Waals surface area contributed by atoms with Gasteiger partial charge in [-0.1, -0.05) is 18.2 Å². The molecule has 0 spiro atoms. The topological polar surface area (TPSA) is 50.2 Å². The number of carbonyl (C=O) groups is 1. The van der Waals surface area contributed by atoms with Gasteiger partial charge in [0.05, 0.1) is 16.3 Å². The van der Waals surface area contributed by atoms with Crippen LogP contribution >= 0.6 is 11.3 Å². The molecule has 0 aliphatic carbocycles. The maximum absolute atomic E-state index is 13.3. The molecule has 0 unspecified atom stereocenters. The summed E-state index contributed by atoms with van der Waals surface area (Å²) in [5, 5.41) is 9.05. The number of rotatable bonds is 4. The fourth-order valence-electron chi connectivity index (χ4n) is 3.90. The van der Waals surface area contributed by atoms with Gasteiger partial charge in [-0.15, -0.1) is 11.3 Å². The normalized spacial score (nSPS) is 16.3. The van der Waals surface area contributed by atoms with Gasteiger partial charge < -0.3 is 10.2 Å². The summed E-state index contributed by atoms with van der Waals surface area (Å²) in [6.07, 6.45) is 0.925. The molecule has 2 aromatic heterocycles. The number of amides is 1. The van der Waals surface area contributed by atoms with Crippen molar-refractivity contribution in [3.05, 3.63) is 77.1 Å². The zero-order valence-electron chi connectivity index (χ0n) is 16.5. The largest absolute Gasteiger partial charge is 0.380 e. The van der Waals surface area contributed by atoms with Gasteiger partial charge >= 0.3 is 0 Å². The number of hydrogen-bond acceptors (Lipinski definition) is 4. The van der Waals surface area contributed by atoms with Crippen LogP contribution in [0.3, 0.4) is 0 Å². The van der Waals surface area contributed by atoms with Crippen molar-refractivity contribution in [2.24, 2.45) is 0 Å². The molecule has 1 aliphatic rings. The maximum Gasteiger partial charge on any atom is 0.264 e. The number of anilines is 1. The lowest BCUT2D eigenvalue weighted by Crippen LogP contribution is -2.31. The Bertz CT molecular complexity index is 1200. The Balaban J connectivity index is 1.37. The first-order valence-electron chi connectivity index (χ1n) is 9.94. The molecule has 1 amide bonds. The van der Waals surface area contributed by atoms with Gasteiger partial charge in [-0.05, 0) is 55.8 Å². The molecule has 3 heterocycles. The third-order valence-electron chi connectivity index (χ3n) is 5.45. The van der Waals surface area contributed by atoms with Gasteiger partial charge in [-0.3, -0.25) is 4.79 Å². The van der Waals surface area contributed by atoms with Crippen molar-refractivity contribution >= 4 is 33.1 Å². The first kappa shape index (κ1) is 18.8. The van der Waals surface area contributed by atoms with Crippen molar-refractivity contribution in [1.82, 2.24) is 14.7 Å². The molecular formula is C23H21FN4OS. The van der Waals surface area contributed by atoms with E-state index in [1.54, 1.807) is 16.8 Å². The van der Waals surface area contributed by atoms with E-state index in [1.165, 1.54) is 23.5 Å². The number of para-hydroxylation sites is 1. The highest BCUT2D eigenvalue weighted by molar-refractivity contribution is 7.20. The predicted octanol–water partition coefficient (Wildman–Crippen LogP) is 4.86. The molecule has 1 saturated heterocycles. The Morgan fingerprint density at radius 1 is 1.17 bits per heavy atom. The molecule has 30 heavy (non-hydrogen) atoms. The molecule has 2 aromatic carbocycles.